The summed E-state index contributed by atoms with van der Waals surface area (Å²) in [5, 5.41) is 21.0. The number of anilines is 1. The predicted molar refractivity (Wildman–Crippen MR) is 115 cm³/mol. The molecule has 0 unspecified atom stereocenters. The third-order valence-electron chi connectivity index (χ3n) is 4.79. The highest BCUT2D eigenvalue weighted by Crippen LogP contribution is 2.36. The van der Waals surface area contributed by atoms with E-state index in [9.17, 15) is 18.3 Å². The van der Waals surface area contributed by atoms with E-state index in [2.05, 4.69) is 15.5 Å². The maximum absolute atomic E-state index is 12.7. The Bertz CT molecular complexity index is 1090. The van der Waals surface area contributed by atoms with Gasteiger partial charge in [-0.15, -0.1) is 5.10 Å². The number of aromatic nitrogens is 3. The lowest BCUT2D eigenvalue weighted by Gasteiger charge is -2.23. The van der Waals surface area contributed by atoms with Crippen LogP contribution in [0.15, 0.2) is 22.6 Å². The van der Waals surface area contributed by atoms with Crippen molar-refractivity contribution in [2.24, 2.45) is 0 Å². The topological polar surface area (TPSA) is 93.3 Å². The van der Waals surface area contributed by atoms with E-state index in [1.54, 1.807) is 25.1 Å². The standard InChI is InChI=1S/C22H27F3N4O3/c1-12-8-17(19-28-29-20(32-19)26-7-6-13(2)30)27-18-15(12)9-14(31-11-22(23,24)25)10-16(18)21(3,4)5/h8-10,13,30H,6-7,11H2,1-5H3,(H,26,29)/t13-/m1/s1. The molecule has 2 heterocycles. The summed E-state index contributed by atoms with van der Waals surface area (Å²) < 4.78 is 48.6. The molecule has 0 aliphatic rings. The fourth-order valence-corrected chi connectivity index (χ4v) is 3.18. The van der Waals surface area contributed by atoms with Gasteiger partial charge in [0, 0.05) is 11.9 Å². The van der Waals surface area contributed by atoms with Gasteiger partial charge in [0.1, 0.15) is 11.4 Å². The number of alkyl halides is 3. The van der Waals surface area contributed by atoms with Gasteiger partial charge in [0.25, 0.3) is 5.89 Å². The lowest BCUT2D eigenvalue weighted by Crippen LogP contribution is -2.20. The fraction of sp³-hybridized carbons (Fsp3) is 0.500. The molecule has 10 heteroatoms. The first kappa shape index (κ1) is 23.8. The van der Waals surface area contributed by atoms with Crippen LogP contribution in [0.3, 0.4) is 0 Å². The van der Waals surface area contributed by atoms with E-state index >= 15 is 0 Å². The number of aliphatic hydroxyl groups excluding tert-OH is 1. The fourth-order valence-electron chi connectivity index (χ4n) is 3.18. The number of ether oxygens (including phenoxy) is 1. The molecule has 1 aromatic carbocycles. The van der Waals surface area contributed by atoms with E-state index in [1.807, 2.05) is 27.7 Å². The second-order valence-electron chi connectivity index (χ2n) is 8.82. The molecule has 7 nitrogen and oxygen atoms in total. The highest BCUT2D eigenvalue weighted by Gasteiger charge is 2.29. The molecule has 3 aromatic rings. The van der Waals surface area contributed by atoms with Crippen molar-refractivity contribution in [1.82, 2.24) is 15.2 Å². The Labute approximate surface area is 184 Å². The number of rotatable bonds is 7. The number of fused-ring (bicyclic) bond motifs is 1. The molecule has 32 heavy (non-hydrogen) atoms. The third kappa shape index (κ3) is 5.87. The molecular formula is C22H27F3N4O3. The lowest BCUT2D eigenvalue weighted by atomic mass is 9.84. The Morgan fingerprint density at radius 2 is 1.88 bits per heavy atom. The van der Waals surface area contributed by atoms with Crippen LogP contribution in [0, 0.1) is 6.92 Å². The SMILES string of the molecule is Cc1cc(-c2nnc(NCC[C@@H](C)O)o2)nc2c(C(C)(C)C)cc(OCC(F)(F)F)cc12. The van der Waals surface area contributed by atoms with Crippen LogP contribution >= 0.6 is 0 Å². The molecule has 0 aliphatic carbocycles. The summed E-state index contributed by atoms with van der Waals surface area (Å²) in [5.41, 5.74) is 2.21. The van der Waals surface area contributed by atoms with Crippen LogP contribution in [-0.4, -0.2) is 45.7 Å². The van der Waals surface area contributed by atoms with E-state index in [0.29, 0.717) is 29.6 Å². The maximum atomic E-state index is 12.7. The van der Waals surface area contributed by atoms with Crippen LogP contribution in [-0.2, 0) is 5.41 Å². The first-order valence-electron chi connectivity index (χ1n) is 10.2. The highest BCUT2D eigenvalue weighted by molar-refractivity contribution is 5.89. The van der Waals surface area contributed by atoms with E-state index in [1.165, 1.54) is 0 Å². The molecule has 0 saturated carbocycles. The van der Waals surface area contributed by atoms with Crippen molar-refractivity contribution in [2.45, 2.75) is 58.7 Å². The van der Waals surface area contributed by atoms with Crippen LogP contribution in [0.4, 0.5) is 19.2 Å². The van der Waals surface area contributed by atoms with E-state index in [4.69, 9.17) is 14.1 Å². The second-order valence-corrected chi connectivity index (χ2v) is 8.82. The molecule has 0 fully saturated rings. The molecule has 0 amide bonds. The van der Waals surface area contributed by atoms with Gasteiger partial charge in [-0.2, -0.15) is 13.2 Å². The number of aryl methyl sites for hydroxylation is 1. The Kier molecular flexibility index (Phi) is 6.64. The van der Waals surface area contributed by atoms with Crippen LogP contribution < -0.4 is 10.1 Å². The summed E-state index contributed by atoms with van der Waals surface area (Å²) >= 11 is 0. The summed E-state index contributed by atoms with van der Waals surface area (Å²) in [6.07, 6.45) is -4.35. The van der Waals surface area contributed by atoms with Crippen molar-refractivity contribution in [3.05, 3.63) is 29.3 Å². The van der Waals surface area contributed by atoms with Crippen molar-refractivity contribution < 1.29 is 27.4 Å². The van der Waals surface area contributed by atoms with Gasteiger partial charge in [0.05, 0.1) is 11.6 Å². The molecule has 2 N–H and O–H groups in total. The molecule has 1 atom stereocenters. The molecule has 0 saturated heterocycles. The third-order valence-corrected chi connectivity index (χ3v) is 4.79. The van der Waals surface area contributed by atoms with Crippen LogP contribution in [0.1, 0.15) is 45.2 Å². The van der Waals surface area contributed by atoms with Gasteiger partial charge in [-0.05, 0) is 55.0 Å². The van der Waals surface area contributed by atoms with Crippen molar-refractivity contribution >= 4 is 16.9 Å². The van der Waals surface area contributed by atoms with Gasteiger partial charge >= 0.3 is 12.2 Å². The molecule has 0 radical (unpaired) electrons. The average Bonchev–Trinajstić information content (AvgIpc) is 3.13. The van der Waals surface area contributed by atoms with Crippen LogP contribution in [0.2, 0.25) is 0 Å². The molecule has 0 aliphatic heterocycles. The smallest absolute Gasteiger partial charge is 0.422 e. The summed E-state index contributed by atoms with van der Waals surface area (Å²) in [6, 6.07) is 5.13. The molecular weight excluding hydrogens is 425 g/mol. The summed E-state index contributed by atoms with van der Waals surface area (Å²) in [6.45, 7) is 8.50. The maximum Gasteiger partial charge on any atom is 0.422 e. The Hall–Kier alpha value is -2.88. The van der Waals surface area contributed by atoms with E-state index in [0.717, 1.165) is 11.1 Å². The number of hydrogen-bond donors (Lipinski definition) is 2. The van der Waals surface area contributed by atoms with Crippen LogP contribution in [0.5, 0.6) is 5.75 Å². The number of nitrogens with one attached hydrogen (secondary N) is 1. The lowest BCUT2D eigenvalue weighted by molar-refractivity contribution is -0.153. The number of pyridine rings is 1. The first-order chi connectivity index (χ1) is 14.8. The normalized spacial score (nSPS) is 13.4. The minimum atomic E-state index is -4.42. The average molecular weight is 452 g/mol. The number of benzene rings is 1. The van der Waals surface area contributed by atoms with Gasteiger partial charge < -0.3 is 19.6 Å². The number of hydrogen-bond acceptors (Lipinski definition) is 7. The minimum Gasteiger partial charge on any atom is -0.484 e. The Balaban J connectivity index is 2.00. The summed E-state index contributed by atoms with van der Waals surface area (Å²) in [7, 11) is 0. The summed E-state index contributed by atoms with van der Waals surface area (Å²) in [5.74, 6) is 0.353. The zero-order valence-corrected chi connectivity index (χ0v) is 18.7. The van der Waals surface area contributed by atoms with Crippen molar-refractivity contribution in [1.29, 1.82) is 0 Å². The number of aliphatic hydroxyl groups is 1. The van der Waals surface area contributed by atoms with Gasteiger partial charge in [0.2, 0.25) is 0 Å². The van der Waals surface area contributed by atoms with E-state index < -0.39 is 24.3 Å². The van der Waals surface area contributed by atoms with Gasteiger partial charge in [-0.1, -0.05) is 25.9 Å². The van der Waals surface area contributed by atoms with Gasteiger partial charge in [-0.25, -0.2) is 4.98 Å². The largest absolute Gasteiger partial charge is 0.484 e. The molecule has 2 aromatic heterocycles. The molecule has 174 valence electrons. The van der Waals surface area contributed by atoms with Crippen molar-refractivity contribution in [3.63, 3.8) is 0 Å². The molecule has 0 bridgehead atoms. The number of halogens is 3. The summed E-state index contributed by atoms with van der Waals surface area (Å²) in [4.78, 5) is 4.70. The van der Waals surface area contributed by atoms with Gasteiger partial charge in [-0.3, -0.25) is 0 Å². The van der Waals surface area contributed by atoms with Crippen molar-refractivity contribution in [3.8, 4) is 17.3 Å². The molecule has 3 rings (SSSR count). The monoisotopic (exact) mass is 452 g/mol. The zero-order chi connectivity index (χ0) is 23.7. The van der Waals surface area contributed by atoms with Crippen molar-refractivity contribution in [2.75, 3.05) is 18.5 Å². The Morgan fingerprint density at radius 1 is 1.16 bits per heavy atom. The zero-order valence-electron chi connectivity index (χ0n) is 18.7. The van der Waals surface area contributed by atoms with Crippen LogP contribution in [0.25, 0.3) is 22.5 Å². The number of nitrogens with zero attached hydrogens (tertiary/aromatic N) is 3. The second kappa shape index (κ2) is 8.93. The predicted octanol–water partition coefficient (Wildman–Crippen LogP) is 5.01. The highest BCUT2D eigenvalue weighted by atomic mass is 19.4. The first-order valence-corrected chi connectivity index (χ1v) is 10.2. The minimum absolute atomic E-state index is 0.139. The van der Waals surface area contributed by atoms with Gasteiger partial charge in [0.15, 0.2) is 6.61 Å². The molecule has 0 spiro atoms. The quantitative estimate of drug-likeness (QED) is 0.520. The van der Waals surface area contributed by atoms with E-state index in [-0.39, 0.29) is 17.7 Å². The Morgan fingerprint density at radius 3 is 2.50 bits per heavy atom.